The highest BCUT2D eigenvalue weighted by Crippen LogP contribution is 2.07. The summed E-state index contributed by atoms with van der Waals surface area (Å²) in [6, 6.07) is 2.09. The Morgan fingerprint density at radius 3 is 2.60 bits per heavy atom. The molecule has 0 spiro atoms. The molecule has 0 aromatic rings. The average Bonchev–Trinajstić information content (AvgIpc) is 2.26. The topological polar surface area (TPSA) is 23.8 Å². The quantitative estimate of drug-likeness (QED) is 0.587. The van der Waals surface area contributed by atoms with Gasteiger partial charge in [-0.1, -0.05) is 48.1 Å². The molecule has 0 N–H and O–H groups in total. The van der Waals surface area contributed by atoms with Gasteiger partial charge >= 0.3 is 0 Å². The number of nitrogens with zero attached hydrogens (tertiary/aromatic N) is 1. The van der Waals surface area contributed by atoms with Crippen LogP contribution >= 0.6 is 0 Å². The summed E-state index contributed by atoms with van der Waals surface area (Å²) in [5, 5.41) is 8.39. The molecule has 0 aromatic carbocycles. The normalized spacial score (nSPS) is 13.0. The highest BCUT2D eigenvalue weighted by molar-refractivity contribution is 5.19. The minimum absolute atomic E-state index is 0.492. The summed E-state index contributed by atoms with van der Waals surface area (Å²) < 4.78 is 0. The zero-order valence-corrected chi connectivity index (χ0v) is 9.61. The van der Waals surface area contributed by atoms with E-state index in [-0.39, 0.29) is 0 Å². The fourth-order valence-corrected chi connectivity index (χ4v) is 1.12. The Morgan fingerprint density at radius 1 is 1.20 bits per heavy atom. The largest absolute Gasteiger partial charge is 0.198 e. The lowest BCUT2D eigenvalue weighted by molar-refractivity contribution is 1.00. The maximum atomic E-state index is 8.39. The summed E-state index contributed by atoms with van der Waals surface area (Å²) in [5.74, 6) is 0. The van der Waals surface area contributed by atoms with Crippen LogP contribution in [0.3, 0.4) is 0 Å². The molecule has 0 fully saturated rings. The van der Waals surface area contributed by atoms with Crippen molar-refractivity contribution >= 4 is 0 Å². The molecule has 0 atom stereocenters. The monoisotopic (exact) mass is 201 g/mol. The summed E-state index contributed by atoms with van der Waals surface area (Å²) in [4.78, 5) is 0. The summed E-state index contributed by atoms with van der Waals surface area (Å²) >= 11 is 0. The first kappa shape index (κ1) is 13.4. The lowest BCUT2D eigenvalue weighted by Crippen LogP contribution is -1.77. The average molecular weight is 201 g/mol. The highest BCUT2D eigenvalue weighted by Gasteiger charge is 1.88. The van der Waals surface area contributed by atoms with E-state index in [4.69, 9.17) is 5.26 Å². The molecule has 0 bridgehead atoms. The number of rotatable bonds is 6. The second kappa shape index (κ2) is 10.5. The Bertz CT molecular complexity index is 298. The van der Waals surface area contributed by atoms with Crippen LogP contribution in [0.4, 0.5) is 0 Å². The third kappa shape index (κ3) is 8.77. The molecular weight excluding hydrogens is 182 g/mol. The SMILES string of the molecule is C/C=C\C=C/CCC(/C=C\CC#N)=C/C. The Kier molecular flexibility index (Phi) is 9.44. The van der Waals surface area contributed by atoms with Gasteiger partial charge in [0.05, 0.1) is 12.5 Å². The summed E-state index contributed by atoms with van der Waals surface area (Å²) in [6.07, 6.45) is 16.9. The fraction of sp³-hybridized carbons (Fsp3) is 0.357. The van der Waals surface area contributed by atoms with Gasteiger partial charge in [0.2, 0.25) is 0 Å². The van der Waals surface area contributed by atoms with Crippen LogP contribution in [0.2, 0.25) is 0 Å². The molecule has 15 heavy (non-hydrogen) atoms. The fourth-order valence-electron chi connectivity index (χ4n) is 1.12. The van der Waals surface area contributed by atoms with E-state index in [1.807, 2.05) is 38.2 Å². The smallest absolute Gasteiger partial charge is 0.0663 e. The van der Waals surface area contributed by atoms with Crippen molar-refractivity contribution in [2.45, 2.75) is 33.1 Å². The molecule has 0 saturated carbocycles. The maximum absolute atomic E-state index is 8.39. The molecule has 0 amide bonds. The predicted octanol–water partition coefficient (Wildman–Crippen LogP) is 4.32. The van der Waals surface area contributed by atoms with Crippen molar-refractivity contribution in [3.63, 3.8) is 0 Å². The van der Waals surface area contributed by atoms with Crippen molar-refractivity contribution in [1.82, 2.24) is 0 Å². The summed E-state index contributed by atoms with van der Waals surface area (Å²) in [6.45, 7) is 4.04. The van der Waals surface area contributed by atoms with Crippen LogP contribution < -0.4 is 0 Å². The zero-order valence-electron chi connectivity index (χ0n) is 9.61. The van der Waals surface area contributed by atoms with E-state index in [1.54, 1.807) is 0 Å². The maximum Gasteiger partial charge on any atom is 0.0663 e. The van der Waals surface area contributed by atoms with Gasteiger partial charge in [-0.05, 0) is 26.7 Å². The number of hydrogen-bond acceptors (Lipinski definition) is 1. The van der Waals surface area contributed by atoms with Crippen LogP contribution in [-0.4, -0.2) is 0 Å². The Balaban J connectivity index is 3.88. The van der Waals surface area contributed by atoms with Crippen LogP contribution in [0.1, 0.15) is 33.1 Å². The summed E-state index contributed by atoms with van der Waals surface area (Å²) in [7, 11) is 0. The summed E-state index contributed by atoms with van der Waals surface area (Å²) in [5.41, 5.74) is 1.29. The Hall–Kier alpha value is -1.55. The molecule has 0 aliphatic heterocycles. The van der Waals surface area contributed by atoms with E-state index in [1.165, 1.54) is 5.57 Å². The number of hydrogen-bond donors (Lipinski definition) is 0. The molecule has 0 radical (unpaired) electrons. The first-order valence-electron chi connectivity index (χ1n) is 5.31. The van der Waals surface area contributed by atoms with Crippen LogP contribution in [0.15, 0.2) is 48.1 Å². The first-order valence-corrected chi connectivity index (χ1v) is 5.31. The van der Waals surface area contributed by atoms with E-state index in [9.17, 15) is 0 Å². The highest BCUT2D eigenvalue weighted by atomic mass is 14.2. The Morgan fingerprint density at radius 2 is 2.00 bits per heavy atom. The molecular formula is C14H19N. The molecule has 1 nitrogen and oxygen atoms in total. The molecule has 0 aliphatic rings. The van der Waals surface area contributed by atoms with Crippen molar-refractivity contribution in [2.24, 2.45) is 0 Å². The number of allylic oxidation sites excluding steroid dienone is 8. The predicted molar refractivity (Wildman–Crippen MR) is 66.3 cm³/mol. The molecule has 1 heteroatoms. The lowest BCUT2D eigenvalue weighted by Gasteiger charge is -1.96. The lowest BCUT2D eigenvalue weighted by atomic mass is 10.1. The van der Waals surface area contributed by atoms with E-state index in [0.717, 1.165) is 12.8 Å². The third-order valence-electron chi connectivity index (χ3n) is 1.95. The second-order valence-electron chi connectivity index (χ2n) is 3.12. The van der Waals surface area contributed by atoms with Crippen LogP contribution in [0.5, 0.6) is 0 Å². The van der Waals surface area contributed by atoms with Gasteiger partial charge in [0.15, 0.2) is 0 Å². The molecule has 0 unspecified atom stereocenters. The zero-order chi connectivity index (χ0) is 11.4. The minimum atomic E-state index is 0.492. The van der Waals surface area contributed by atoms with Crippen LogP contribution in [-0.2, 0) is 0 Å². The molecule has 0 heterocycles. The van der Waals surface area contributed by atoms with Crippen LogP contribution in [0.25, 0.3) is 0 Å². The van der Waals surface area contributed by atoms with E-state index in [2.05, 4.69) is 24.3 Å². The van der Waals surface area contributed by atoms with Gasteiger partial charge in [-0.15, -0.1) is 0 Å². The molecule has 0 rings (SSSR count). The van der Waals surface area contributed by atoms with Gasteiger partial charge in [0, 0.05) is 0 Å². The molecule has 0 aliphatic carbocycles. The van der Waals surface area contributed by atoms with Gasteiger partial charge in [0.25, 0.3) is 0 Å². The van der Waals surface area contributed by atoms with Crippen LogP contribution in [0, 0.1) is 11.3 Å². The van der Waals surface area contributed by atoms with Gasteiger partial charge in [-0.2, -0.15) is 5.26 Å². The molecule has 0 saturated heterocycles. The minimum Gasteiger partial charge on any atom is -0.198 e. The van der Waals surface area contributed by atoms with Crippen molar-refractivity contribution in [3.05, 3.63) is 48.1 Å². The third-order valence-corrected chi connectivity index (χ3v) is 1.95. The molecule has 0 aromatic heterocycles. The Labute approximate surface area is 93.1 Å². The first-order chi connectivity index (χ1) is 7.35. The van der Waals surface area contributed by atoms with Gasteiger partial charge in [-0.25, -0.2) is 0 Å². The van der Waals surface area contributed by atoms with Crippen molar-refractivity contribution < 1.29 is 0 Å². The van der Waals surface area contributed by atoms with E-state index in [0.29, 0.717) is 6.42 Å². The number of nitriles is 1. The second-order valence-corrected chi connectivity index (χ2v) is 3.12. The van der Waals surface area contributed by atoms with Crippen molar-refractivity contribution in [1.29, 1.82) is 5.26 Å². The van der Waals surface area contributed by atoms with Crippen molar-refractivity contribution in [3.8, 4) is 6.07 Å². The van der Waals surface area contributed by atoms with E-state index >= 15 is 0 Å². The molecule has 80 valence electrons. The van der Waals surface area contributed by atoms with E-state index < -0.39 is 0 Å². The van der Waals surface area contributed by atoms with Gasteiger partial charge in [0.1, 0.15) is 0 Å². The standard InChI is InChI=1S/C14H19N/c1-3-5-6-7-8-11-14(4-2)12-9-10-13-15/h3-7,9,12H,8,10-11H2,1-2H3/b5-3-,7-6-,12-9-,14-4-. The van der Waals surface area contributed by atoms with Gasteiger partial charge in [-0.3, -0.25) is 0 Å². The van der Waals surface area contributed by atoms with Crippen molar-refractivity contribution in [2.75, 3.05) is 0 Å². The van der Waals surface area contributed by atoms with Gasteiger partial charge < -0.3 is 0 Å².